The van der Waals surface area contributed by atoms with Gasteiger partial charge in [-0.2, -0.15) is 0 Å². The van der Waals surface area contributed by atoms with Crippen molar-refractivity contribution >= 4 is 22.4 Å². The Hall–Kier alpha value is -0.890. The highest BCUT2D eigenvalue weighted by atomic mass is 35.5. The lowest BCUT2D eigenvalue weighted by Crippen LogP contribution is -2.47. The van der Waals surface area contributed by atoms with Gasteiger partial charge >= 0.3 is 0 Å². The number of halogens is 1. The molecule has 6 nitrogen and oxygen atoms in total. The molecular formula is C13H20ClN3O3S. The lowest BCUT2D eigenvalue weighted by atomic mass is 10.0. The van der Waals surface area contributed by atoms with Crippen LogP contribution in [0, 0.1) is 0 Å². The van der Waals surface area contributed by atoms with Crippen molar-refractivity contribution in [3.05, 3.63) is 18.3 Å². The first-order valence-corrected chi connectivity index (χ1v) is 8.33. The van der Waals surface area contributed by atoms with Gasteiger partial charge in [-0.15, -0.1) is 12.4 Å². The van der Waals surface area contributed by atoms with Gasteiger partial charge in [-0.25, -0.2) is 18.1 Å². The quantitative estimate of drug-likeness (QED) is 0.861. The van der Waals surface area contributed by atoms with Crippen LogP contribution in [0.15, 0.2) is 23.2 Å². The summed E-state index contributed by atoms with van der Waals surface area (Å²) in [5.41, 5.74) is 0. The van der Waals surface area contributed by atoms with Crippen molar-refractivity contribution in [2.24, 2.45) is 0 Å². The van der Waals surface area contributed by atoms with Crippen LogP contribution in [0.5, 0.6) is 5.88 Å². The lowest BCUT2D eigenvalue weighted by Gasteiger charge is -2.29. The number of methoxy groups -OCH3 is 1. The Kier molecular flexibility index (Phi) is 5.08. The fourth-order valence-corrected chi connectivity index (χ4v) is 4.29. The van der Waals surface area contributed by atoms with E-state index in [1.54, 1.807) is 6.07 Å². The van der Waals surface area contributed by atoms with E-state index in [0.29, 0.717) is 18.0 Å². The minimum atomic E-state index is -3.50. The molecule has 1 aromatic heterocycles. The number of nitrogens with zero attached hydrogens (tertiary/aromatic N) is 1. The molecule has 0 aliphatic carbocycles. The first kappa shape index (κ1) is 16.5. The van der Waals surface area contributed by atoms with E-state index in [4.69, 9.17) is 4.74 Å². The monoisotopic (exact) mass is 333 g/mol. The Labute approximate surface area is 131 Å². The van der Waals surface area contributed by atoms with E-state index >= 15 is 0 Å². The summed E-state index contributed by atoms with van der Waals surface area (Å²) in [6, 6.07) is 4.00. The van der Waals surface area contributed by atoms with Crippen molar-refractivity contribution in [1.29, 1.82) is 0 Å². The van der Waals surface area contributed by atoms with Crippen LogP contribution in [0.25, 0.3) is 0 Å². The molecule has 3 rings (SSSR count). The summed E-state index contributed by atoms with van der Waals surface area (Å²) >= 11 is 0. The van der Waals surface area contributed by atoms with Crippen LogP contribution in [-0.2, 0) is 10.0 Å². The molecule has 1 aromatic rings. The van der Waals surface area contributed by atoms with Crippen LogP contribution >= 0.6 is 12.4 Å². The molecule has 2 fully saturated rings. The normalized spacial score (nSPS) is 28.0. The highest BCUT2D eigenvalue weighted by Crippen LogP contribution is 2.27. The van der Waals surface area contributed by atoms with Crippen LogP contribution < -0.4 is 14.8 Å². The summed E-state index contributed by atoms with van der Waals surface area (Å²) in [5.74, 6) is 0.406. The van der Waals surface area contributed by atoms with Gasteiger partial charge < -0.3 is 10.1 Å². The molecule has 21 heavy (non-hydrogen) atoms. The number of pyridine rings is 1. The number of hydrogen-bond donors (Lipinski definition) is 2. The lowest BCUT2D eigenvalue weighted by molar-refractivity contribution is 0.345. The average Bonchev–Trinajstić information content (AvgIpc) is 2.77. The third-order valence-corrected chi connectivity index (χ3v) is 5.53. The fraction of sp³-hybridized carbons (Fsp3) is 0.615. The molecule has 2 bridgehead atoms. The van der Waals surface area contributed by atoms with Crippen molar-refractivity contribution in [3.8, 4) is 5.88 Å². The number of fused-ring (bicyclic) bond motifs is 2. The summed E-state index contributed by atoms with van der Waals surface area (Å²) in [7, 11) is -2.00. The summed E-state index contributed by atoms with van der Waals surface area (Å²) in [6.07, 6.45) is 5.34. The maximum atomic E-state index is 12.3. The molecule has 0 radical (unpaired) electrons. The van der Waals surface area contributed by atoms with Crippen molar-refractivity contribution < 1.29 is 13.2 Å². The van der Waals surface area contributed by atoms with Crippen molar-refractivity contribution in [1.82, 2.24) is 15.0 Å². The topological polar surface area (TPSA) is 80.3 Å². The molecule has 0 spiro atoms. The number of nitrogens with one attached hydrogen (secondary N) is 2. The third kappa shape index (κ3) is 3.66. The molecular weight excluding hydrogens is 314 g/mol. The predicted molar refractivity (Wildman–Crippen MR) is 81.3 cm³/mol. The number of rotatable bonds is 4. The Morgan fingerprint density at radius 2 is 1.95 bits per heavy atom. The Morgan fingerprint density at radius 3 is 2.48 bits per heavy atom. The number of hydrogen-bond acceptors (Lipinski definition) is 5. The van der Waals surface area contributed by atoms with Gasteiger partial charge in [0, 0.05) is 24.2 Å². The fourth-order valence-electron chi connectivity index (χ4n) is 3.09. The van der Waals surface area contributed by atoms with Gasteiger partial charge in [0.25, 0.3) is 0 Å². The highest BCUT2D eigenvalue weighted by molar-refractivity contribution is 7.89. The van der Waals surface area contributed by atoms with Crippen LogP contribution in [-0.4, -0.2) is 38.6 Å². The zero-order valence-electron chi connectivity index (χ0n) is 11.8. The minimum absolute atomic E-state index is 0. The van der Waals surface area contributed by atoms with E-state index in [9.17, 15) is 8.42 Å². The molecule has 118 valence electrons. The Bertz CT molecular complexity index is 567. The maximum absolute atomic E-state index is 12.3. The van der Waals surface area contributed by atoms with Gasteiger partial charge in [0.15, 0.2) is 0 Å². The Balaban J connectivity index is 0.00000161. The first-order chi connectivity index (χ1) is 9.56. The third-order valence-electron chi connectivity index (χ3n) is 4.02. The molecule has 2 saturated heterocycles. The average molecular weight is 334 g/mol. The van der Waals surface area contributed by atoms with Crippen LogP contribution in [0.1, 0.15) is 25.7 Å². The molecule has 2 atom stereocenters. The smallest absolute Gasteiger partial charge is 0.242 e. The molecule has 0 saturated carbocycles. The second-order valence-electron chi connectivity index (χ2n) is 5.46. The molecule has 2 aliphatic rings. The van der Waals surface area contributed by atoms with E-state index < -0.39 is 10.0 Å². The summed E-state index contributed by atoms with van der Waals surface area (Å²) in [6.45, 7) is 0. The molecule has 0 amide bonds. The van der Waals surface area contributed by atoms with E-state index in [-0.39, 0.29) is 23.3 Å². The summed E-state index contributed by atoms with van der Waals surface area (Å²) in [5, 5.41) is 3.50. The molecule has 8 heteroatoms. The molecule has 2 N–H and O–H groups in total. The van der Waals surface area contributed by atoms with Gasteiger partial charge in [-0.05, 0) is 31.7 Å². The molecule has 2 aliphatic heterocycles. The van der Waals surface area contributed by atoms with E-state index in [1.165, 1.54) is 19.4 Å². The van der Waals surface area contributed by atoms with Gasteiger partial charge in [-0.1, -0.05) is 0 Å². The van der Waals surface area contributed by atoms with Crippen molar-refractivity contribution in [3.63, 3.8) is 0 Å². The number of sulfonamides is 1. The number of piperidine rings is 1. The number of ether oxygens (including phenoxy) is 1. The summed E-state index contributed by atoms with van der Waals surface area (Å²) in [4.78, 5) is 4.13. The zero-order valence-corrected chi connectivity index (χ0v) is 13.4. The molecule has 2 unspecified atom stereocenters. The first-order valence-electron chi connectivity index (χ1n) is 6.85. The number of aromatic nitrogens is 1. The largest absolute Gasteiger partial charge is 0.481 e. The van der Waals surface area contributed by atoms with Crippen molar-refractivity contribution in [2.45, 2.75) is 48.7 Å². The predicted octanol–water partition coefficient (Wildman–Crippen LogP) is 1.07. The van der Waals surface area contributed by atoms with Gasteiger partial charge in [0.05, 0.1) is 13.3 Å². The second-order valence-corrected chi connectivity index (χ2v) is 7.18. The van der Waals surface area contributed by atoms with Gasteiger partial charge in [0.2, 0.25) is 15.9 Å². The van der Waals surface area contributed by atoms with E-state index in [2.05, 4.69) is 15.0 Å². The minimum Gasteiger partial charge on any atom is -0.481 e. The van der Waals surface area contributed by atoms with Gasteiger partial charge in [0.1, 0.15) is 4.90 Å². The van der Waals surface area contributed by atoms with E-state index in [0.717, 1.165) is 25.7 Å². The highest BCUT2D eigenvalue weighted by Gasteiger charge is 2.35. The van der Waals surface area contributed by atoms with Crippen LogP contribution in [0.2, 0.25) is 0 Å². The van der Waals surface area contributed by atoms with Crippen LogP contribution in [0.4, 0.5) is 0 Å². The second kappa shape index (κ2) is 6.48. The van der Waals surface area contributed by atoms with Crippen molar-refractivity contribution in [2.75, 3.05) is 7.11 Å². The SMILES string of the molecule is COc1ccc(S(=O)(=O)NC2CC3CCC(C2)N3)cn1.Cl. The molecule has 3 heterocycles. The summed E-state index contributed by atoms with van der Waals surface area (Å²) < 4.78 is 32.4. The zero-order chi connectivity index (χ0) is 14.2. The molecule has 0 aromatic carbocycles. The van der Waals surface area contributed by atoms with Gasteiger partial charge in [-0.3, -0.25) is 0 Å². The van der Waals surface area contributed by atoms with Crippen LogP contribution in [0.3, 0.4) is 0 Å². The Morgan fingerprint density at radius 1 is 1.29 bits per heavy atom. The van der Waals surface area contributed by atoms with E-state index in [1.807, 2.05) is 0 Å². The standard InChI is InChI=1S/C13H19N3O3S.ClH/c1-19-13-5-4-12(8-14-13)20(17,18)16-11-6-9-2-3-10(7-11)15-9;/h4-5,8-11,15-16H,2-3,6-7H2,1H3;1H. The maximum Gasteiger partial charge on any atom is 0.242 e.